The highest BCUT2D eigenvalue weighted by molar-refractivity contribution is 7.89. The first kappa shape index (κ1) is 24.8. The van der Waals surface area contributed by atoms with Gasteiger partial charge in [-0.1, -0.05) is 54.1 Å². The van der Waals surface area contributed by atoms with Crippen LogP contribution in [-0.2, 0) is 27.4 Å². The van der Waals surface area contributed by atoms with E-state index in [0.717, 1.165) is 16.4 Å². The molecular weight excluding hydrogens is 477 g/mol. The zero-order valence-corrected chi connectivity index (χ0v) is 18.7. The lowest BCUT2D eigenvalue weighted by atomic mass is 10.1. The molecule has 0 aliphatic heterocycles. The first-order valence-corrected chi connectivity index (χ1v) is 11.6. The van der Waals surface area contributed by atoms with Crippen LogP contribution in [0.2, 0.25) is 5.02 Å². The summed E-state index contributed by atoms with van der Waals surface area (Å²) in [5.74, 6) is -0.883. The molecule has 0 bridgehead atoms. The summed E-state index contributed by atoms with van der Waals surface area (Å²) in [4.78, 5) is 12.3. The topological polar surface area (TPSA) is 80.5 Å². The number of carbonyl (C=O) groups excluding carboxylic acids is 1. The predicted molar refractivity (Wildman–Crippen MR) is 119 cm³/mol. The Labute approximate surface area is 194 Å². The Balaban J connectivity index is 1.99. The standard InChI is InChI=1S/C23H20ClF3N2O3S/c24-19-10-12-20(13-11-19)33(31,32)29(21(22(28)30)17-4-2-1-3-5-17)15-14-16-6-8-18(9-7-16)23(25,26)27/h1-13,21H,14-15H2,(H2,28,30). The van der Waals surface area contributed by atoms with Gasteiger partial charge in [-0.15, -0.1) is 0 Å². The molecule has 0 fully saturated rings. The molecule has 0 heterocycles. The van der Waals surface area contributed by atoms with Gasteiger partial charge in [0, 0.05) is 11.6 Å². The van der Waals surface area contributed by atoms with E-state index in [1.807, 2.05) is 0 Å². The second-order valence-corrected chi connectivity index (χ2v) is 9.56. The molecule has 3 rings (SSSR count). The van der Waals surface area contributed by atoms with Gasteiger partial charge in [-0.25, -0.2) is 8.42 Å². The number of benzene rings is 3. The predicted octanol–water partition coefficient (Wildman–Crippen LogP) is 4.82. The lowest BCUT2D eigenvalue weighted by Crippen LogP contribution is -2.42. The van der Waals surface area contributed by atoms with E-state index in [1.165, 1.54) is 36.4 Å². The van der Waals surface area contributed by atoms with Gasteiger partial charge in [0.1, 0.15) is 6.04 Å². The van der Waals surface area contributed by atoms with Crippen LogP contribution in [0.25, 0.3) is 0 Å². The van der Waals surface area contributed by atoms with E-state index in [2.05, 4.69) is 0 Å². The summed E-state index contributed by atoms with van der Waals surface area (Å²) < 4.78 is 66.5. The summed E-state index contributed by atoms with van der Waals surface area (Å²) in [5.41, 5.74) is 5.64. The summed E-state index contributed by atoms with van der Waals surface area (Å²) in [6, 6.07) is 16.7. The van der Waals surface area contributed by atoms with Crippen molar-refractivity contribution in [1.82, 2.24) is 4.31 Å². The van der Waals surface area contributed by atoms with Crippen molar-refractivity contribution >= 4 is 27.5 Å². The van der Waals surface area contributed by atoms with Crippen LogP contribution in [0.4, 0.5) is 13.2 Å². The fourth-order valence-electron chi connectivity index (χ4n) is 3.34. The second kappa shape index (κ2) is 9.94. The van der Waals surface area contributed by atoms with Gasteiger partial charge in [0.05, 0.1) is 10.5 Å². The van der Waals surface area contributed by atoms with E-state index in [1.54, 1.807) is 30.3 Å². The molecule has 0 saturated carbocycles. The molecule has 10 heteroatoms. The maximum Gasteiger partial charge on any atom is 0.416 e. The average molecular weight is 497 g/mol. The van der Waals surface area contributed by atoms with Crippen molar-refractivity contribution in [2.75, 3.05) is 6.54 Å². The molecule has 0 radical (unpaired) electrons. The number of hydrogen-bond donors (Lipinski definition) is 1. The van der Waals surface area contributed by atoms with Crippen molar-refractivity contribution in [2.45, 2.75) is 23.5 Å². The average Bonchev–Trinajstić information content (AvgIpc) is 2.76. The van der Waals surface area contributed by atoms with Crippen LogP contribution in [0.1, 0.15) is 22.7 Å². The van der Waals surface area contributed by atoms with E-state index in [9.17, 15) is 26.4 Å². The molecule has 0 aliphatic rings. The minimum absolute atomic E-state index is 0.0571. The maximum atomic E-state index is 13.5. The molecular formula is C23H20ClF3N2O3S. The fraction of sp³-hybridized carbons (Fsp3) is 0.174. The van der Waals surface area contributed by atoms with Crippen LogP contribution >= 0.6 is 11.6 Å². The van der Waals surface area contributed by atoms with Crippen LogP contribution in [0.5, 0.6) is 0 Å². The number of primary amides is 1. The number of alkyl halides is 3. The summed E-state index contributed by atoms with van der Waals surface area (Å²) in [7, 11) is -4.22. The Bertz CT molecular complexity index is 1200. The van der Waals surface area contributed by atoms with E-state index < -0.39 is 33.7 Å². The number of hydrogen-bond acceptors (Lipinski definition) is 3. The van der Waals surface area contributed by atoms with Crippen molar-refractivity contribution in [3.05, 3.63) is 101 Å². The van der Waals surface area contributed by atoms with Crippen LogP contribution in [-0.4, -0.2) is 25.2 Å². The van der Waals surface area contributed by atoms with Gasteiger partial charge in [0.25, 0.3) is 0 Å². The number of nitrogens with zero attached hydrogens (tertiary/aromatic N) is 1. The van der Waals surface area contributed by atoms with Crippen LogP contribution in [0.3, 0.4) is 0 Å². The van der Waals surface area contributed by atoms with Gasteiger partial charge in [-0.2, -0.15) is 17.5 Å². The third-order valence-electron chi connectivity index (χ3n) is 5.00. The van der Waals surface area contributed by atoms with Crippen molar-refractivity contribution < 1.29 is 26.4 Å². The van der Waals surface area contributed by atoms with E-state index in [-0.39, 0.29) is 17.9 Å². The fourth-order valence-corrected chi connectivity index (χ4v) is 5.05. The van der Waals surface area contributed by atoms with Crippen molar-refractivity contribution in [2.24, 2.45) is 5.73 Å². The second-order valence-electron chi connectivity index (χ2n) is 7.23. The Morgan fingerprint density at radius 1 is 0.939 bits per heavy atom. The zero-order valence-electron chi connectivity index (χ0n) is 17.2. The summed E-state index contributed by atoms with van der Waals surface area (Å²) in [6.07, 6.45) is -4.42. The van der Waals surface area contributed by atoms with Crippen LogP contribution in [0, 0.1) is 0 Å². The third-order valence-corrected chi connectivity index (χ3v) is 7.13. The van der Waals surface area contributed by atoms with Crippen LogP contribution < -0.4 is 5.73 Å². The highest BCUT2D eigenvalue weighted by Gasteiger charge is 2.36. The molecule has 0 aliphatic carbocycles. The number of amides is 1. The first-order chi connectivity index (χ1) is 15.5. The molecule has 1 unspecified atom stereocenters. The van der Waals surface area contributed by atoms with Gasteiger partial charge in [0.15, 0.2) is 0 Å². The minimum Gasteiger partial charge on any atom is -0.368 e. The largest absolute Gasteiger partial charge is 0.416 e. The van der Waals surface area contributed by atoms with Crippen molar-refractivity contribution in [1.29, 1.82) is 0 Å². The molecule has 3 aromatic carbocycles. The maximum absolute atomic E-state index is 13.5. The number of rotatable bonds is 8. The van der Waals surface area contributed by atoms with Gasteiger partial charge in [-0.05, 0) is 53.9 Å². The molecule has 0 saturated heterocycles. The van der Waals surface area contributed by atoms with Crippen molar-refractivity contribution in [3.8, 4) is 0 Å². The quantitative estimate of drug-likeness (QED) is 0.485. The van der Waals surface area contributed by atoms with Gasteiger partial charge >= 0.3 is 6.18 Å². The summed E-state index contributed by atoms with van der Waals surface area (Å²) in [5, 5.41) is 0.333. The molecule has 0 spiro atoms. The van der Waals surface area contributed by atoms with E-state index in [4.69, 9.17) is 17.3 Å². The molecule has 33 heavy (non-hydrogen) atoms. The zero-order chi connectivity index (χ0) is 24.2. The van der Waals surface area contributed by atoms with E-state index >= 15 is 0 Å². The molecule has 174 valence electrons. The Hall–Kier alpha value is -2.88. The van der Waals surface area contributed by atoms with Gasteiger partial charge in [0.2, 0.25) is 15.9 Å². The lowest BCUT2D eigenvalue weighted by molar-refractivity contribution is -0.137. The highest BCUT2D eigenvalue weighted by Crippen LogP contribution is 2.31. The molecule has 1 atom stereocenters. The first-order valence-electron chi connectivity index (χ1n) is 9.78. The summed E-state index contributed by atoms with van der Waals surface area (Å²) in [6.45, 7) is -0.196. The Kier molecular flexibility index (Phi) is 7.46. The number of carbonyl (C=O) groups is 1. The van der Waals surface area contributed by atoms with Crippen molar-refractivity contribution in [3.63, 3.8) is 0 Å². The number of sulfonamides is 1. The highest BCUT2D eigenvalue weighted by atomic mass is 35.5. The van der Waals surface area contributed by atoms with Gasteiger partial charge in [-0.3, -0.25) is 4.79 Å². The Morgan fingerprint density at radius 2 is 1.52 bits per heavy atom. The molecule has 0 aromatic heterocycles. The summed E-state index contributed by atoms with van der Waals surface area (Å²) >= 11 is 5.87. The normalized spacial score (nSPS) is 13.1. The Morgan fingerprint density at radius 3 is 2.03 bits per heavy atom. The lowest BCUT2D eigenvalue weighted by Gasteiger charge is -2.29. The third kappa shape index (κ3) is 5.93. The molecule has 2 N–H and O–H groups in total. The molecule has 1 amide bonds. The van der Waals surface area contributed by atoms with Gasteiger partial charge < -0.3 is 5.73 Å². The number of nitrogens with two attached hydrogens (primary N) is 1. The molecule has 5 nitrogen and oxygen atoms in total. The van der Waals surface area contributed by atoms with E-state index in [0.29, 0.717) is 16.1 Å². The minimum atomic E-state index is -4.48. The number of halogens is 4. The SMILES string of the molecule is NC(=O)C(c1ccccc1)N(CCc1ccc(C(F)(F)F)cc1)S(=O)(=O)c1ccc(Cl)cc1. The monoisotopic (exact) mass is 496 g/mol. The smallest absolute Gasteiger partial charge is 0.368 e. The molecule has 3 aromatic rings. The van der Waals surface area contributed by atoms with Crippen LogP contribution in [0.15, 0.2) is 83.8 Å².